The number of nitrogens with zero attached hydrogens (tertiary/aromatic N) is 1. The van der Waals surface area contributed by atoms with E-state index in [4.69, 9.17) is 25.8 Å². The van der Waals surface area contributed by atoms with Gasteiger partial charge in [0.05, 0.1) is 41.4 Å². The Morgan fingerprint density at radius 1 is 0.618 bits per heavy atom. The Kier molecular flexibility index (Phi) is 2.05. The lowest BCUT2D eigenvalue weighted by Gasteiger charge is -2.32. The van der Waals surface area contributed by atoms with Crippen LogP contribution in [0, 0.1) is 0 Å². The van der Waals surface area contributed by atoms with Gasteiger partial charge in [-0.2, -0.15) is 0 Å². The van der Waals surface area contributed by atoms with Gasteiger partial charge in [0.25, 0.3) is 0 Å². The predicted molar refractivity (Wildman–Crippen MR) is 143 cm³/mol. The van der Waals surface area contributed by atoms with Crippen LogP contribution in [0.2, 0.25) is 0 Å². The summed E-state index contributed by atoms with van der Waals surface area (Å²) in [5, 5.41) is -0.409. The molecule has 0 aliphatic carbocycles. The maximum atomic E-state index is 9.35. The van der Waals surface area contributed by atoms with Gasteiger partial charge in [0.15, 0.2) is 0 Å². The standard InChI is InChI=1S/C30H26BNO2/c1-29(2)30(3,4)34-31(33-29)23-17-18-25-28-26(23)21-14-9-8-13-20(21)22-15-10-16-24(27(22)28)32(25)19-11-6-5-7-12-19/h5-18H,1-4H3/i5D,6D,7D,8D,9D,10D,11D,12D,13D,14D,15D,16D,17D,18D. The fraction of sp³-hybridized carbons (Fsp3) is 0.200. The van der Waals surface area contributed by atoms with Gasteiger partial charge in [-0.05, 0) is 78.9 Å². The van der Waals surface area contributed by atoms with Crippen molar-refractivity contribution in [3.8, 4) is 5.69 Å². The fourth-order valence-electron chi connectivity index (χ4n) is 4.69. The van der Waals surface area contributed by atoms with Crippen molar-refractivity contribution in [2.45, 2.75) is 38.9 Å². The number of benzene rings is 5. The van der Waals surface area contributed by atoms with Crippen molar-refractivity contribution in [3.63, 3.8) is 0 Å². The summed E-state index contributed by atoms with van der Waals surface area (Å²) in [6.07, 6.45) is 0. The lowest BCUT2D eigenvalue weighted by molar-refractivity contribution is 0.00578. The largest absolute Gasteiger partial charge is 0.495 e. The fourth-order valence-corrected chi connectivity index (χ4v) is 4.69. The van der Waals surface area contributed by atoms with Crippen LogP contribution >= 0.6 is 0 Å². The molecule has 0 radical (unpaired) electrons. The zero-order chi connectivity index (χ0) is 35.4. The Bertz CT molecular complexity index is 2430. The highest BCUT2D eigenvalue weighted by Crippen LogP contribution is 2.44. The first-order valence-corrected chi connectivity index (χ1v) is 10.8. The van der Waals surface area contributed by atoms with E-state index in [1.165, 1.54) is 0 Å². The minimum absolute atomic E-state index is 0.00149. The third kappa shape index (κ3) is 2.50. The zero-order valence-corrected chi connectivity index (χ0v) is 18.8. The van der Waals surface area contributed by atoms with Gasteiger partial charge in [0, 0.05) is 16.5 Å². The average molecular weight is 457 g/mol. The third-order valence-electron chi connectivity index (χ3n) is 7.01. The number of rotatable bonds is 2. The van der Waals surface area contributed by atoms with Crippen LogP contribution in [-0.2, 0) is 9.31 Å². The van der Waals surface area contributed by atoms with E-state index >= 15 is 0 Å². The van der Waals surface area contributed by atoms with Gasteiger partial charge >= 0.3 is 7.12 Å². The molecule has 0 spiro atoms. The van der Waals surface area contributed by atoms with Crippen LogP contribution < -0.4 is 5.46 Å². The Hall–Kier alpha value is -3.34. The summed E-state index contributed by atoms with van der Waals surface area (Å²) in [4.78, 5) is 0. The van der Waals surface area contributed by atoms with Crippen LogP contribution in [0.4, 0.5) is 0 Å². The third-order valence-corrected chi connectivity index (χ3v) is 7.01. The molecule has 1 aliphatic rings. The van der Waals surface area contributed by atoms with E-state index in [9.17, 15) is 2.74 Å². The van der Waals surface area contributed by atoms with E-state index < -0.39 is 109 Å². The maximum absolute atomic E-state index is 9.35. The molecule has 1 aliphatic heterocycles. The molecule has 3 nitrogen and oxygen atoms in total. The second-order valence-corrected chi connectivity index (χ2v) is 9.38. The van der Waals surface area contributed by atoms with Gasteiger partial charge in [0.1, 0.15) is 0 Å². The average Bonchev–Trinajstić information content (AvgIpc) is 3.47. The number of hydrogen-bond donors (Lipinski definition) is 0. The van der Waals surface area contributed by atoms with Gasteiger partial charge < -0.3 is 13.9 Å². The molecule has 0 bridgehead atoms. The molecule has 7 rings (SSSR count). The number of fused-ring (bicyclic) bond motifs is 3. The topological polar surface area (TPSA) is 23.4 Å². The van der Waals surface area contributed by atoms with Crippen LogP contribution in [-0.4, -0.2) is 22.9 Å². The molecule has 1 fully saturated rings. The van der Waals surface area contributed by atoms with E-state index in [0.717, 1.165) is 4.57 Å². The Balaban J connectivity index is 1.91. The smallest absolute Gasteiger partial charge is 0.399 e. The van der Waals surface area contributed by atoms with Crippen molar-refractivity contribution in [3.05, 3.63) is 84.6 Å². The SMILES string of the molecule is [2H]c1c([2H])c([2H])c(-n2c3c([2H])c([2H])c([2H])c4c5c([2H])c([2H])c([2H])c([2H])c5c5c(B6OC(C)(C)C(C)(C)O6)c([2H])c([2H])c2c5c43)c([2H])c1[2H]. The number of para-hydroxylation sites is 1. The quantitative estimate of drug-likeness (QED) is 0.210. The molecule has 6 aromatic rings. The molecule has 0 saturated carbocycles. The summed E-state index contributed by atoms with van der Waals surface area (Å²) in [6, 6.07) is -8.59. The highest BCUT2D eigenvalue weighted by Gasteiger charge is 2.52. The summed E-state index contributed by atoms with van der Waals surface area (Å²) < 4.78 is 137. The highest BCUT2D eigenvalue weighted by molar-refractivity contribution is 6.67. The van der Waals surface area contributed by atoms with Crippen molar-refractivity contribution < 1.29 is 28.5 Å². The second-order valence-electron chi connectivity index (χ2n) is 9.38. The van der Waals surface area contributed by atoms with E-state index in [1.807, 2.05) is 0 Å². The van der Waals surface area contributed by atoms with Crippen molar-refractivity contribution >= 4 is 55.9 Å². The minimum atomic E-state index is -1.32. The van der Waals surface area contributed by atoms with Crippen LogP contribution in [0.15, 0.2) is 84.6 Å². The van der Waals surface area contributed by atoms with E-state index in [-0.39, 0.29) is 48.8 Å². The summed E-state index contributed by atoms with van der Waals surface area (Å²) in [7, 11) is -1.32. The predicted octanol–water partition coefficient (Wildman–Crippen LogP) is 6.83. The van der Waals surface area contributed by atoms with E-state index in [0.29, 0.717) is 0 Å². The Morgan fingerprint density at radius 2 is 1.21 bits per heavy atom. The lowest BCUT2D eigenvalue weighted by atomic mass is 9.74. The highest BCUT2D eigenvalue weighted by atomic mass is 16.7. The van der Waals surface area contributed by atoms with Gasteiger partial charge in [-0.25, -0.2) is 0 Å². The minimum Gasteiger partial charge on any atom is -0.399 e. The molecule has 1 aromatic heterocycles. The van der Waals surface area contributed by atoms with E-state index in [1.54, 1.807) is 27.7 Å². The molecule has 5 aromatic carbocycles. The van der Waals surface area contributed by atoms with Crippen molar-refractivity contribution in [2.24, 2.45) is 0 Å². The summed E-state index contributed by atoms with van der Waals surface area (Å²) in [6.45, 7) is 7.11. The van der Waals surface area contributed by atoms with Crippen LogP contribution in [0.5, 0.6) is 0 Å². The number of hydrogen-bond acceptors (Lipinski definition) is 2. The van der Waals surface area contributed by atoms with Gasteiger partial charge in [0.2, 0.25) is 0 Å². The molecule has 0 amide bonds. The first kappa shape index (κ1) is 10.5. The van der Waals surface area contributed by atoms with E-state index in [2.05, 4.69) is 0 Å². The Morgan fingerprint density at radius 3 is 1.94 bits per heavy atom. The second kappa shape index (κ2) is 6.62. The summed E-state index contributed by atoms with van der Waals surface area (Å²) in [5.74, 6) is 0. The van der Waals surface area contributed by atoms with Crippen LogP contribution in [0.1, 0.15) is 46.9 Å². The summed E-state index contributed by atoms with van der Waals surface area (Å²) >= 11 is 0. The first-order chi connectivity index (χ1) is 22.2. The number of aromatic nitrogens is 1. The molecule has 2 heterocycles. The monoisotopic (exact) mass is 457 g/mol. The molecular formula is C30H26BNO2. The van der Waals surface area contributed by atoms with Gasteiger partial charge in [-0.15, -0.1) is 0 Å². The molecule has 1 saturated heterocycles. The summed E-state index contributed by atoms with van der Waals surface area (Å²) in [5.41, 5.74) is -2.81. The van der Waals surface area contributed by atoms with Crippen molar-refractivity contribution in [1.29, 1.82) is 0 Å². The maximum Gasteiger partial charge on any atom is 0.495 e. The molecule has 0 atom stereocenters. The normalized spacial score (nSPS) is 23.4. The van der Waals surface area contributed by atoms with Crippen LogP contribution in [0.25, 0.3) is 49.0 Å². The molecule has 166 valence electrons. The molecule has 4 heteroatoms. The van der Waals surface area contributed by atoms with Gasteiger partial charge in [-0.1, -0.05) is 60.4 Å². The Labute approximate surface area is 219 Å². The van der Waals surface area contributed by atoms with Gasteiger partial charge in [-0.3, -0.25) is 0 Å². The molecule has 0 N–H and O–H groups in total. The van der Waals surface area contributed by atoms with Crippen molar-refractivity contribution in [2.75, 3.05) is 0 Å². The zero-order valence-electron chi connectivity index (χ0n) is 32.8. The molecule has 34 heavy (non-hydrogen) atoms. The van der Waals surface area contributed by atoms with Crippen molar-refractivity contribution in [1.82, 2.24) is 4.57 Å². The molecule has 0 unspecified atom stereocenters. The van der Waals surface area contributed by atoms with Crippen LogP contribution in [0.3, 0.4) is 0 Å². The molecular weight excluding hydrogens is 417 g/mol. The first-order valence-electron chi connectivity index (χ1n) is 17.8. The lowest BCUT2D eigenvalue weighted by Crippen LogP contribution is -2.41.